The summed E-state index contributed by atoms with van der Waals surface area (Å²) in [6, 6.07) is 11.0. The van der Waals surface area contributed by atoms with Crippen LogP contribution in [0.3, 0.4) is 0 Å². The third kappa shape index (κ3) is 8.15. The first-order valence-electron chi connectivity index (χ1n) is 14.6. The zero-order chi connectivity index (χ0) is 29.8. The molecule has 1 heterocycles. The standard InChI is InChI=1S/C32H44N2O7/c1-6-9-10-11-13-23-20-26(16-17-27(23)38-4)34-19-12-18-33(32(34)37)22-25-15-14-24(21-28(25)39-5)29(30(35)40-7-2)31(36)41-8-3/h14-17,20-21,29H,6-13,18-19,22H2,1-5H3. The maximum absolute atomic E-state index is 13.6. The topological polar surface area (TPSA) is 94.6 Å². The predicted molar refractivity (Wildman–Crippen MR) is 158 cm³/mol. The van der Waals surface area contributed by atoms with Gasteiger partial charge < -0.3 is 23.8 Å². The molecule has 0 aromatic heterocycles. The number of methoxy groups -OCH3 is 2. The van der Waals surface area contributed by atoms with E-state index in [1.165, 1.54) is 26.4 Å². The summed E-state index contributed by atoms with van der Waals surface area (Å²) in [5, 5.41) is 0. The van der Waals surface area contributed by atoms with Gasteiger partial charge in [-0.2, -0.15) is 0 Å². The quantitative estimate of drug-likeness (QED) is 0.151. The maximum Gasteiger partial charge on any atom is 0.324 e. The van der Waals surface area contributed by atoms with Crippen LogP contribution < -0.4 is 14.4 Å². The SMILES string of the molecule is CCCCCCc1cc(N2CCCN(Cc3ccc(C(C(=O)OCC)C(=O)OCC)cc3OC)C2=O)ccc1OC. The molecule has 9 heteroatoms. The highest BCUT2D eigenvalue weighted by atomic mass is 16.6. The molecule has 0 aliphatic carbocycles. The summed E-state index contributed by atoms with van der Waals surface area (Å²) in [4.78, 5) is 42.5. The van der Waals surface area contributed by atoms with E-state index < -0.39 is 17.9 Å². The highest BCUT2D eigenvalue weighted by Crippen LogP contribution is 2.31. The van der Waals surface area contributed by atoms with Crippen molar-refractivity contribution in [1.82, 2.24) is 4.90 Å². The second-order valence-electron chi connectivity index (χ2n) is 10.0. The predicted octanol–water partition coefficient (Wildman–Crippen LogP) is 5.87. The molecule has 0 unspecified atom stereocenters. The number of urea groups is 1. The van der Waals surface area contributed by atoms with Gasteiger partial charge in [-0.15, -0.1) is 0 Å². The highest BCUT2D eigenvalue weighted by molar-refractivity contribution is 6.01. The minimum Gasteiger partial charge on any atom is -0.496 e. The summed E-state index contributed by atoms with van der Waals surface area (Å²) in [7, 11) is 3.20. The molecule has 0 bridgehead atoms. The number of rotatable bonds is 15. The molecule has 0 N–H and O–H groups in total. The molecule has 0 saturated carbocycles. The number of unbranched alkanes of at least 4 members (excludes halogenated alkanes) is 3. The molecule has 3 rings (SSSR count). The average Bonchev–Trinajstić information content (AvgIpc) is 2.97. The van der Waals surface area contributed by atoms with Crippen molar-refractivity contribution < 1.29 is 33.3 Å². The summed E-state index contributed by atoms with van der Waals surface area (Å²) >= 11 is 0. The molecular weight excluding hydrogens is 524 g/mol. The van der Waals surface area contributed by atoms with Gasteiger partial charge in [-0.1, -0.05) is 38.3 Å². The Hall–Kier alpha value is -3.75. The molecule has 0 spiro atoms. The minimum absolute atomic E-state index is 0.0830. The minimum atomic E-state index is -1.21. The van der Waals surface area contributed by atoms with E-state index in [1.807, 2.05) is 17.0 Å². The van der Waals surface area contributed by atoms with Crippen LogP contribution in [0.25, 0.3) is 0 Å². The van der Waals surface area contributed by atoms with Gasteiger partial charge in [0.2, 0.25) is 0 Å². The first kappa shape index (κ1) is 31.8. The number of amides is 2. The molecule has 9 nitrogen and oxygen atoms in total. The van der Waals surface area contributed by atoms with Gasteiger partial charge in [-0.3, -0.25) is 14.5 Å². The Bertz CT molecular complexity index is 1160. The Morgan fingerprint density at radius 1 is 0.829 bits per heavy atom. The normalized spacial score (nSPS) is 13.4. The molecule has 224 valence electrons. The van der Waals surface area contributed by atoms with Crippen molar-refractivity contribution in [2.75, 3.05) is 45.4 Å². The molecule has 1 saturated heterocycles. The van der Waals surface area contributed by atoms with Gasteiger partial charge in [0.05, 0.1) is 34.0 Å². The zero-order valence-electron chi connectivity index (χ0n) is 25.1. The van der Waals surface area contributed by atoms with E-state index in [2.05, 4.69) is 13.0 Å². The third-order valence-corrected chi connectivity index (χ3v) is 7.24. The van der Waals surface area contributed by atoms with Crippen LogP contribution in [-0.2, 0) is 32.0 Å². The van der Waals surface area contributed by atoms with Gasteiger partial charge in [-0.05, 0) is 68.5 Å². The summed E-state index contributed by atoms with van der Waals surface area (Å²) in [6.07, 6.45) is 6.36. The van der Waals surface area contributed by atoms with Crippen molar-refractivity contribution in [2.24, 2.45) is 0 Å². The lowest BCUT2D eigenvalue weighted by atomic mass is 9.97. The van der Waals surface area contributed by atoms with Crippen LogP contribution in [0.4, 0.5) is 10.5 Å². The summed E-state index contributed by atoms with van der Waals surface area (Å²) in [5.74, 6) is -1.24. The van der Waals surface area contributed by atoms with Gasteiger partial charge in [0, 0.05) is 24.3 Å². The summed E-state index contributed by atoms with van der Waals surface area (Å²) in [6.45, 7) is 7.41. The lowest BCUT2D eigenvalue weighted by Gasteiger charge is -2.36. The average molecular weight is 569 g/mol. The molecule has 2 amide bonds. The highest BCUT2D eigenvalue weighted by Gasteiger charge is 2.33. The Labute approximate surface area is 243 Å². The Kier molecular flexibility index (Phi) is 12.3. The fourth-order valence-corrected chi connectivity index (χ4v) is 5.13. The number of carbonyl (C=O) groups is 3. The molecule has 1 aliphatic rings. The van der Waals surface area contributed by atoms with Crippen LogP contribution in [0.2, 0.25) is 0 Å². The van der Waals surface area contributed by atoms with Crippen LogP contribution in [0.5, 0.6) is 11.5 Å². The maximum atomic E-state index is 13.6. The van der Waals surface area contributed by atoms with E-state index in [9.17, 15) is 14.4 Å². The van der Waals surface area contributed by atoms with Gasteiger partial charge in [-0.25, -0.2) is 4.79 Å². The number of benzene rings is 2. The molecule has 1 fully saturated rings. The first-order chi connectivity index (χ1) is 19.9. The fraction of sp³-hybridized carbons (Fsp3) is 0.531. The number of esters is 2. The van der Waals surface area contributed by atoms with Crippen molar-refractivity contribution in [3.63, 3.8) is 0 Å². The van der Waals surface area contributed by atoms with E-state index in [-0.39, 0.29) is 19.2 Å². The van der Waals surface area contributed by atoms with Crippen LogP contribution in [0.1, 0.15) is 75.5 Å². The van der Waals surface area contributed by atoms with Crippen LogP contribution >= 0.6 is 0 Å². The largest absolute Gasteiger partial charge is 0.496 e. The van der Waals surface area contributed by atoms with Crippen molar-refractivity contribution in [2.45, 2.75) is 71.8 Å². The van der Waals surface area contributed by atoms with Crippen molar-refractivity contribution in [3.05, 3.63) is 53.1 Å². The summed E-state index contributed by atoms with van der Waals surface area (Å²) in [5.41, 5.74) is 3.16. The third-order valence-electron chi connectivity index (χ3n) is 7.24. The lowest BCUT2D eigenvalue weighted by Crippen LogP contribution is -2.49. The summed E-state index contributed by atoms with van der Waals surface area (Å²) < 4.78 is 21.5. The van der Waals surface area contributed by atoms with E-state index in [0.29, 0.717) is 30.9 Å². The Morgan fingerprint density at radius 2 is 1.54 bits per heavy atom. The van der Waals surface area contributed by atoms with Crippen molar-refractivity contribution in [3.8, 4) is 11.5 Å². The molecule has 1 aliphatic heterocycles. The number of hydrogen-bond acceptors (Lipinski definition) is 7. The fourth-order valence-electron chi connectivity index (χ4n) is 5.13. The number of aryl methyl sites for hydroxylation is 1. The van der Waals surface area contributed by atoms with Gasteiger partial charge >= 0.3 is 18.0 Å². The smallest absolute Gasteiger partial charge is 0.324 e. The van der Waals surface area contributed by atoms with E-state index in [4.69, 9.17) is 18.9 Å². The van der Waals surface area contributed by atoms with Crippen LogP contribution in [-0.4, -0.2) is 63.4 Å². The Balaban J connectivity index is 1.81. The van der Waals surface area contributed by atoms with Crippen molar-refractivity contribution >= 4 is 23.7 Å². The van der Waals surface area contributed by atoms with Gasteiger partial charge in [0.1, 0.15) is 11.5 Å². The van der Waals surface area contributed by atoms with E-state index in [1.54, 1.807) is 44.1 Å². The van der Waals surface area contributed by atoms with Gasteiger partial charge in [0.25, 0.3) is 0 Å². The lowest BCUT2D eigenvalue weighted by molar-refractivity contribution is -0.156. The van der Waals surface area contributed by atoms with Gasteiger partial charge in [0.15, 0.2) is 5.92 Å². The molecule has 0 radical (unpaired) electrons. The van der Waals surface area contributed by atoms with Crippen LogP contribution in [0, 0.1) is 0 Å². The Morgan fingerprint density at radius 3 is 2.17 bits per heavy atom. The second kappa shape index (κ2) is 15.9. The monoisotopic (exact) mass is 568 g/mol. The number of hydrogen-bond donors (Lipinski definition) is 0. The molecule has 41 heavy (non-hydrogen) atoms. The molecule has 2 aromatic rings. The molecular formula is C32H44N2O7. The van der Waals surface area contributed by atoms with Crippen molar-refractivity contribution in [1.29, 1.82) is 0 Å². The number of carbonyl (C=O) groups excluding carboxylic acids is 3. The zero-order valence-corrected chi connectivity index (χ0v) is 25.1. The van der Waals surface area contributed by atoms with E-state index >= 15 is 0 Å². The molecule has 0 atom stereocenters. The second-order valence-corrected chi connectivity index (χ2v) is 10.0. The van der Waals surface area contributed by atoms with Crippen LogP contribution in [0.15, 0.2) is 36.4 Å². The van der Waals surface area contributed by atoms with E-state index in [0.717, 1.165) is 41.8 Å². The number of ether oxygens (including phenoxy) is 4. The molecule has 2 aromatic carbocycles. The number of nitrogens with zero attached hydrogens (tertiary/aromatic N) is 2. The first-order valence-corrected chi connectivity index (χ1v) is 14.6. The number of anilines is 1.